The van der Waals surface area contributed by atoms with Gasteiger partial charge in [0.2, 0.25) is 5.91 Å². The number of rotatable bonds is 7. The number of hydrogen-bond donors (Lipinski definition) is 2. The molecular weight excluding hydrogens is 180 g/mol. The van der Waals surface area contributed by atoms with Crippen LogP contribution in [-0.4, -0.2) is 23.7 Å². The molecule has 0 saturated heterocycles. The molecule has 0 rings (SSSR count). The summed E-state index contributed by atoms with van der Waals surface area (Å²) >= 11 is 0. The lowest BCUT2D eigenvalue weighted by molar-refractivity contribution is -0.118. The molecule has 1 unspecified atom stereocenters. The Morgan fingerprint density at radius 1 is 1.50 bits per heavy atom. The van der Waals surface area contributed by atoms with Crippen LogP contribution < -0.4 is 5.32 Å². The number of nitriles is 1. The molecule has 0 heterocycles. The lowest BCUT2D eigenvalue weighted by Crippen LogP contribution is -2.20. The smallest absolute Gasteiger partial charge is 0.216 e. The third kappa shape index (κ3) is 9.01. The zero-order valence-corrected chi connectivity index (χ0v) is 8.62. The average Bonchev–Trinajstić information content (AvgIpc) is 2.11. The van der Waals surface area contributed by atoms with E-state index in [1.54, 1.807) is 0 Å². The summed E-state index contributed by atoms with van der Waals surface area (Å²) < 4.78 is 0. The number of amides is 1. The van der Waals surface area contributed by atoms with Crippen molar-refractivity contribution in [2.45, 2.75) is 45.1 Å². The maximum absolute atomic E-state index is 10.5. The maximum Gasteiger partial charge on any atom is 0.216 e. The van der Waals surface area contributed by atoms with Crippen LogP contribution in [0.1, 0.15) is 39.0 Å². The minimum atomic E-state index is -0.485. The maximum atomic E-state index is 10.5. The van der Waals surface area contributed by atoms with Gasteiger partial charge in [0.1, 0.15) is 0 Å². The first kappa shape index (κ1) is 12.9. The van der Waals surface area contributed by atoms with E-state index >= 15 is 0 Å². The van der Waals surface area contributed by atoms with E-state index in [-0.39, 0.29) is 12.3 Å². The number of nitrogens with one attached hydrogen (secondary N) is 1. The Labute approximate surface area is 84.9 Å². The minimum Gasteiger partial charge on any atom is -0.392 e. The molecule has 0 aliphatic rings. The van der Waals surface area contributed by atoms with E-state index in [4.69, 9.17) is 5.26 Å². The zero-order chi connectivity index (χ0) is 10.8. The van der Waals surface area contributed by atoms with Gasteiger partial charge in [-0.15, -0.1) is 0 Å². The second kappa shape index (κ2) is 8.52. The normalized spacial score (nSPS) is 11.8. The number of aliphatic hydroxyl groups excluding tert-OH is 1. The van der Waals surface area contributed by atoms with Gasteiger partial charge in [0.15, 0.2) is 0 Å². The molecule has 2 N–H and O–H groups in total. The van der Waals surface area contributed by atoms with Crippen LogP contribution in [0.15, 0.2) is 0 Å². The fraction of sp³-hybridized carbons (Fsp3) is 0.800. The molecule has 0 fully saturated rings. The van der Waals surface area contributed by atoms with Crippen LogP contribution in [0, 0.1) is 11.3 Å². The molecule has 0 aliphatic heterocycles. The summed E-state index contributed by atoms with van der Waals surface area (Å²) in [5.41, 5.74) is 0. The van der Waals surface area contributed by atoms with Crippen molar-refractivity contribution in [3.05, 3.63) is 0 Å². The standard InChI is InChI=1S/C10H18N2O2/c1-9(13)12-8-4-2-3-5-10(14)6-7-11/h10,14H,2-6,8H2,1H3,(H,12,13). The van der Waals surface area contributed by atoms with E-state index in [0.717, 1.165) is 19.3 Å². The van der Waals surface area contributed by atoms with E-state index in [1.165, 1.54) is 6.92 Å². The van der Waals surface area contributed by atoms with Crippen LogP contribution >= 0.6 is 0 Å². The van der Waals surface area contributed by atoms with Crippen molar-refractivity contribution < 1.29 is 9.90 Å². The Kier molecular flexibility index (Phi) is 7.86. The highest BCUT2D eigenvalue weighted by Crippen LogP contribution is 2.05. The first-order valence-electron chi connectivity index (χ1n) is 4.96. The van der Waals surface area contributed by atoms with Gasteiger partial charge in [0, 0.05) is 13.5 Å². The van der Waals surface area contributed by atoms with Crippen LogP contribution in [0.25, 0.3) is 0 Å². The van der Waals surface area contributed by atoms with Gasteiger partial charge in [-0.25, -0.2) is 0 Å². The summed E-state index contributed by atoms with van der Waals surface area (Å²) in [4.78, 5) is 10.5. The molecule has 1 amide bonds. The Morgan fingerprint density at radius 3 is 2.79 bits per heavy atom. The molecule has 0 radical (unpaired) electrons. The fourth-order valence-corrected chi connectivity index (χ4v) is 1.15. The Balaban J connectivity index is 3.14. The Morgan fingerprint density at radius 2 is 2.21 bits per heavy atom. The second-order valence-electron chi connectivity index (χ2n) is 3.35. The third-order valence-corrected chi connectivity index (χ3v) is 1.91. The molecule has 0 aliphatic carbocycles. The van der Waals surface area contributed by atoms with E-state index in [1.807, 2.05) is 6.07 Å². The molecular formula is C10H18N2O2. The molecule has 80 valence electrons. The lowest BCUT2D eigenvalue weighted by Gasteiger charge is -2.05. The van der Waals surface area contributed by atoms with Gasteiger partial charge in [-0.2, -0.15) is 5.26 Å². The van der Waals surface area contributed by atoms with E-state index < -0.39 is 6.10 Å². The highest BCUT2D eigenvalue weighted by Gasteiger charge is 2.01. The SMILES string of the molecule is CC(=O)NCCCCCC(O)CC#N. The summed E-state index contributed by atoms with van der Waals surface area (Å²) in [6, 6.07) is 1.93. The highest BCUT2D eigenvalue weighted by atomic mass is 16.3. The van der Waals surface area contributed by atoms with Crippen LogP contribution in [0.4, 0.5) is 0 Å². The molecule has 4 heteroatoms. The number of unbranched alkanes of at least 4 members (excludes halogenated alkanes) is 2. The van der Waals surface area contributed by atoms with Crippen LogP contribution in [0.5, 0.6) is 0 Å². The van der Waals surface area contributed by atoms with Crippen molar-refractivity contribution >= 4 is 5.91 Å². The van der Waals surface area contributed by atoms with Crippen LogP contribution in [0.3, 0.4) is 0 Å². The zero-order valence-electron chi connectivity index (χ0n) is 8.62. The summed E-state index contributed by atoms with van der Waals surface area (Å²) in [5.74, 6) is -0.00508. The Hall–Kier alpha value is -1.08. The van der Waals surface area contributed by atoms with Gasteiger partial charge in [0.25, 0.3) is 0 Å². The molecule has 0 aromatic heterocycles. The summed E-state index contributed by atoms with van der Waals surface area (Å²) in [7, 11) is 0. The molecule has 4 nitrogen and oxygen atoms in total. The van der Waals surface area contributed by atoms with Crippen LogP contribution in [-0.2, 0) is 4.79 Å². The first-order valence-corrected chi connectivity index (χ1v) is 4.96. The van der Waals surface area contributed by atoms with Crippen molar-refractivity contribution in [2.75, 3.05) is 6.54 Å². The molecule has 14 heavy (non-hydrogen) atoms. The quantitative estimate of drug-likeness (QED) is 0.598. The van der Waals surface area contributed by atoms with Crippen molar-refractivity contribution in [3.8, 4) is 6.07 Å². The van der Waals surface area contributed by atoms with Crippen molar-refractivity contribution in [1.29, 1.82) is 5.26 Å². The van der Waals surface area contributed by atoms with Gasteiger partial charge in [0.05, 0.1) is 18.6 Å². The highest BCUT2D eigenvalue weighted by molar-refractivity contribution is 5.72. The average molecular weight is 198 g/mol. The van der Waals surface area contributed by atoms with E-state index in [0.29, 0.717) is 13.0 Å². The van der Waals surface area contributed by atoms with Gasteiger partial charge in [-0.05, 0) is 12.8 Å². The number of nitrogens with zero attached hydrogens (tertiary/aromatic N) is 1. The third-order valence-electron chi connectivity index (χ3n) is 1.91. The van der Waals surface area contributed by atoms with Gasteiger partial charge in [-0.3, -0.25) is 4.79 Å². The predicted molar refractivity (Wildman–Crippen MR) is 53.4 cm³/mol. The predicted octanol–water partition coefficient (Wildman–Crippen LogP) is 0.957. The summed E-state index contributed by atoms with van der Waals surface area (Å²) in [5, 5.41) is 20.2. The molecule has 0 spiro atoms. The van der Waals surface area contributed by atoms with E-state index in [9.17, 15) is 9.90 Å². The number of aliphatic hydroxyl groups is 1. The summed E-state index contributed by atoms with van der Waals surface area (Å²) in [6.07, 6.45) is 3.21. The van der Waals surface area contributed by atoms with Crippen molar-refractivity contribution in [2.24, 2.45) is 0 Å². The first-order chi connectivity index (χ1) is 6.66. The fourth-order valence-electron chi connectivity index (χ4n) is 1.15. The van der Waals surface area contributed by atoms with E-state index in [2.05, 4.69) is 5.32 Å². The molecule has 0 saturated carbocycles. The van der Waals surface area contributed by atoms with Gasteiger partial charge >= 0.3 is 0 Å². The minimum absolute atomic E-state index is 0.00508. The van der Waals surface area contributed by atoms with Crippen molar-refractivity contribution in [3.63, 3.8) is 0 Å². The topological polar surface area (TPSA) is 73.1 Å². The second-order valence-corrected chi connectivity index (χ2v) is 3.35. The lowest BCUT2D eigenvalue weighted by atomic mass is 10.1. The monoisotopic (exact) mass is 198 g/mol. The molecule has 0 aromatic carbocycles. The summed E-state index contributed by atoms with van der Waals surface area (Å²) in [6.45, 7) is 2.19. The van der Waals surface area contributed by atoms with Crippen molar-refractivity contribution in [1.82, 2.24) is 5.32 Å². The van der Waals surface area contributed by atoms with Gasteiger partial charge in [-0.1, -0.05) is 12.8 Å². The molecule has 0 aromatic rings. The number of carbonyl (C=O) groups excluding carboxylic acids is 1. The molecule has 1 atom stereocenters. The van der Waals surface area contributed by atoms with Crippen LogP contribution in [0.2, 0.25) is 0 Å². The number of carbonyl (C=O) groups is 1. The number of hydrogen-bond acceptors (Lipinski definition) is 3. The largest absolute Gasteiger partial charge is 0.392 e. The Bertz CT molecular complexity index is 199. The molecule has 0 bridgehead atoms. The van der Waals surface area contributed by atoms with Gasteiger partial charge < -0.3 is 10.4 Å².